The van der Waals surface area contributed by atoms with E-state index in [1.807, 2.05) is 0 Å². The van der Waals surface area contributed by atoms with Crippen molar-refractivity contribution in [3.05, 3.63) is 0 Å². The standard InChI is InChI=1S/C11H18BrNO2/c1-15-6-10(5-12)13-11(14)9-3-7-2-8(7)4-9/h7-10H,2-6H2,1H3,(H,13,14). The number of amides is 1. The van der Waals surface area contributed by atoms with E-state index in [0.29, 0.717) is 6.61 Å². The van der Waals surface area contributed by atoms with Gasteiger partial charge in [-0.1, -0.05) is 15.9 Å². The summed E-state index contributed by atoms with van der Waals surface area (Å²) >= 11 is 3.38. The molecule has 15 heavy (non-hydrogen) atoms. The molecule has 1 N–H and O–H groups in total. The van der Waals surface area contributed by atoms with Gasteiger partial charge in [0, 0.05) is 18.4 Å². The molecule has 2 aliphatic carbocycles. The van der Waals surface area contributed by atoms with Crippen molar-refractivity contribution in [3.8, 4) is 0 Å². The third kappa shape index (κ3) is 2.72. The number of nitrogens with one attached hydrogen (secondary N) is 1. The summed E-state index contributed by atoms with van der Waals surface area (Å²) in [5.41, 5.74) is 0. The zero-order valence-electron chi connectivity index (χ0n) is 9.04. The summed E-state index contributed by atoms with van der Waals surface area (Å²) in [5, 5.41) is 3.80. The number of ether oxygens (including phenoxy) is 1. The monoisotopic (exact) mass is 275 g/mol. The van der Waals surface area contributed by atoms with Crippen LogP contribution >= 0.6 is 15.9 Å². The normalized spacial score (nSPS) is 34.7. The summed E-state index contributed by atoms with van der Waals surface area (Å²) in [4.78, 5) is 11.9. The van der Waals surface area contributed by atoms with Crippen LogP contribution in [0.3, 0.4) is 0 Å². The van der Waals surface area contributed by atoms with Crippen LogP contribution in [0.1, 0.15) is 19.3 Å². The Labute approximate surface area is 99.1 Å². The minimum Gasteiger partial charge on any atom is -0.383 e. The molecule has 0 spiro atoms. The number of hydrogen-bond acceptors (Lipinski definition) is 2. The lowest BCUT2D eigenvalue weighted by Gasteiger charge is -2.18. The molecule has 0 radical (unpaired) electrons. The van der Waals surface area contributed by atoms with Crippen molar-refractivity contribution in [1.82, 2.24) is 5.32 Å². The summed E-state index contributed by atoms with van der Waals surface area (Å²) in [5.74, 6) is 2.23. The first kappa shape index (κ1) is 11.4. The van der Waals surface area contributed by atoms with Crippen LogP contribution in [0.2, 0.25) is 0 Å². The second-order valence-corrected chi connectivity index (χ2v) is 5.39. The Bertz CT molecular complexity index is 237. The van der Waals surface area contributed by atoms with Gasteiger partial charge in [-0.25, -0.2) is 0 Å². The number of fused-ring (bicyclic) bond motifs is 1. The molecule has 2 saturated carbocycles. The fourth-order valence-electron chi connectivity index (χ4n) is 2.57. The highest BCUT2D eigenvalue weighted by atomic mass is 79.9. The molecule has 0 heterocycles. The van der Waals surface area contributed by atoms with Gasteiger partial charge in [0.05, 0.1) is 12.6 Å². The van der Waals surface area contributed by atoms with Crippen molar-refractivity contribution < 1.29 is 9.53 Å². The number of alkyl halides is 1. The van der Waals surface area contributed by atoms with Crippen LogP contribution in [0.15, 0.2) is 0 Å². The van der Waals surface area contributed by atoms with E-state index < -0.39 is 0 Å². The van der Waals surface area contributed by atoms with Crippen LogP contribution in [-0.4, -0.2) is 31.0 Å². The van der Waals surface area contributed by atoms with Crippen molar-refractivity contribution in [2.75, 3.05) is 19.0 Å². The molecule has 0 aromatic carbocycles. The topological polar surface area (TPSA) is 38.3 Å². The molecule has 1 amide bonds. The highest BCUT2D eigenvalue weighted by Crippen LogP contribution is 2.54. The van der Waals surface area contributed by atoms with Crippen molar-refractivity contribution in [3.63, 3.8) is 0 Å². The maximum Gasteiger partial charge on any atom is 0.223 e. The average Bonchev–Trinajstić information content (AvgIpc) is 2.85. The Morgan fingerprint density at radius 2 is 2.13 bits per heavy atom. The first-order valence-electron chi connectivity index (χ1n) is 5.59. The molecule has 2 fully saturated rings. The molecule has 4 heteroatoms. The second kappa shape index (κ2) is 4.83. The quantitative estimate of drug-likeness (QED) is 0.774. The molecular weight excluding hydrogens is 258 g/mol. The lowest BCUT2D eigenvalue weighted by atomic mass is 10.0. The van der Waals surface area contributed by atoms with Crippen LogP contribution in [-0.2, 0) is 9.53 Å². The molecule has 0 aliphatic heterocycles. The number of carbonyl (C=O) groups is 1. The Kier molecular flexibility index (Phi) is 3.67. The Morgan fingerprint density at radius 3 is 2.67 bits per heavy atom. The molecule has 2 aliphatic rings. The molecule has 0 bridgehead atoms. The van der Waals surface area contributed by atoms with E-state index in [0.717, 1.165) is 30.0 Å². The van der Waals surface area contributed by atoms with Gasteiger partial charge in [-0.15, -0.1) is 0 Å². The van der Waals surface area contributed by atoms with Gasteiger partial charge in [0.15, 0.2) is 0 Å². The van der Waals surface area contributed by atoms with Crippen molar-refractivity contribution in [2.45, 2.75) is 25.3 Å². The van der Waals surface area contributed by atoms with E-state index in [-0.39, 0.29) is 17.9 Å². The van der Waals surface area contributed by atoms with Crippen molar-refractivity contribution in [2.24, 2.45) is 17.8 Å². The van der Waals surface area contributed by atoms with E-state index in [4.69, 9.17) is 4.74 Å². The van der Waals surface area contributed by atoms with E-state index in [9.17, 15) is 4.79 Å². The second-order valence-electron chi connectivity index (χ2n) is 4.74. The van der Waals surface area contributed by atoms with Gasteiger partial charge in [0.25, 0.3) is 0 Å². The average molecular weight is 276 g/mol. The van der Waals surface area contributed by atoms with Crippen LogP contribution in [0.4, 0.5) is 0 Å². The summed E-state index contributed by atoms with van der Waals surface area (Å²) in [6.45, 7) is 0.580. The molecule has 2 rings (SSSR count). The summed E-state index contributed by atoms with van der Waals surface area (Å²) in [6, 6.07) is 0.111. The summed E-state index contributed by atoms with van der Waals surface area (Å²) in [6.07, 6.45) is 3.58. The molecule has 0 aromatic heterocycles. The van der Waals surface area contributed by atoms with E-state index in [1.54, 1.807) is 7.11 Å². The maximum absolute atomic E-state index is 11.9. The predicted molar refractivity (Wildman–Crippen MR) is 61.9 cm³/mol. The first-order chi connectivity index (χ1) is 7.24. The highest BCUT2D eigenvalue weighted by molar-refractivity contribution is 9.09. The highest BCUT2D eigenvalue weighted by Gasteiger charge is 2.48. The third-order valence-electron chi connectivity index (χ3n) is 3.51. The van der Waals surface area contributed by atoms with Crippen LogP contribution < -0.4 is 5.32 Å². The number of rotatable bonds is 5. The van der Waals surface area contributed by atoms with Crippen molar-refractivity contribution >= 4 is 21.8 Å². The number of halogens is 1. The minimum atomic E-state index is 0.111. The van der Waals surface area contributed by atoms with E-state index in [2.05, 4.69) is 21.2 Å². The van der Waals surface area contributed by atoms with Gasteiger partial charge in [0.2, 0.25) is 5.91 Å². The zero-order valence-corrected chi connectivity index (χ0v) is 10.6. The third-order valence-corrected chi connectivity index (χ3v) is 4.30. The van der Waals surface area contributed by atoms with E-state index >= 15 is 0 Å². The van der Waals surface area contributed by atoms with Gasteiger partial charge >= 0.3 is 0 Å². The fourth-order valence-corrected chi connectivity index (χ4v) is 2.92. The number of carbonyl (C=O) groups excluding carboxylic acids is 1. The predicted octanol–water partition coefficient (Wildman–Crippen LogP) is 1.56. The Morgan fingerprint density at radius 1 is 1.47 bits per heavy atom. The minimum absolute atomic E-state index is 0.111. The van der Waals surface area contributed by atoms with Crippen molar-refractivity contribution in [1.29, 1.82) is 0 Å². The van der Waals surface area contributed by atoms with Gasteiger partial charge in [-0.2, -0.15) is 0 Å². The van der Waals surface area contributed by atoms with Crippen LogP contribution in [0.5, 0.6) is 0 Å². The largest absolute Gasteiger partial charge is 0.383 e. The fraction of sp³-hybridized carbons (Fsp3) is 0.909. The number of methoxy groups -OCH3 is 1. The molecule has 86 valence electrons. The van der Waals surface area contributed by atoms with Gasteiger partial charge in [-0.3, -0.25) is 4.79 Å². The molecular formula is C11H18BrNO2. The van der Waals surface area contributed by atoms with Gasteiger partial charge < -0.3 is 10.1 Å². The molecule has 0 aromatic rings. The lowest BCUT2D eigenvalue weighted by Crippen LogP contribution is -2.42. The van der Waals surface area contributed by atoms with E-state index in [1.165, 1.54) is 6.42 Å². The molecule has 0 saturated heterocycles. The summed E-state index contributed by atoms with van der Waals surface area (Å²) in [7, 11) is 1.66. The molecule has 3 nitrogen and oxygen atoms in total. The van der Waals surface area contributed by atoms with Crippen LogP contribution in [0.25, 0.3) is 0 Å². The van der Waals surface area contributed by atoms with Gasteiger partial charge in [-0.05, 0) is 31.1 Å². The molecule has 3 unspecified atom stereocenters. The smallest absolute Gasteiger partial charge is 0.223 e. The molecule has 3 atom stereocenters. The summed E-state index contributed by atoms with van der Waals surface area (Å²) < 4.78 is 5.04. The van der Waals surface area contributed by atoms with Crippen LogP contribution in [0, 0.1) is 17.8 Å². The zero-order chi connectivity index (χ0) is 10.8. The Hall–Kier alpha value is -0.0900. The lowest BCUT2D eigenvalue weighted by molar-refractivity contribution is -0.126. The SMILES string of the molecule is COCC(CBr)NC(=O)C1CC2CC2C1. The maximum atomic E-state index is 11.9. The number of hydrogen-bond donors (Lipinski definition) is 1. The Balaban J connectivity index is 1.75. The first-order valence-corrected chi connectivity index (χ1v) is 6.72. The van der Waals surface area contributed by atoms with Gasteiger partial charge in [0.1, 0.15) is 0 Å².